The molecule has 0 atom stereocenters. The minimum Gasteiger partial charge on any atom is -0.423 e. The van der Waals surface area contributed by atoms with Crippen LogP contribution in [0, 0.1) is 0 Å². The molecule has 6 heteroatoms. The van der Waals surface area contributed by atoms with Crippen molar-refractivity contribution in [2.75, 3.05) is 0 Å². The van der Waals surface area contributed by atoms with Crippen LogP contribution in [-0.2, 0) is 6.54 Å². The molecule has 1 heterocycles. The lowest BCUT2D eigenvalue weighted by Crippen LogP contribution is -2.32. The number of hydrogen-bond donors (Lipinski definition) is 3. The summed E-state index contributed by atoms with van der Waals surface area (Å²) in [4.78, 5) is 3.74. The second-order valence-electron chi connectivity index (χ2n) is 2.30. The van der Waals surface area contributed by atoms with Gasteiger partial charge in [-0.1, -0.05) is 17.7 Å². The highest BCUT2D eigenvalue weighted by Gasteiger charge is 2.16. The van der Waals surface area contributed by atoms with E-state index in [1.165, 1.54) is 12.3 Å². The van der Waals surface area contributed by atoms with Crippen LogP contribution in [0.2, 0.25) is 5.15 Å². The van der Waals surface area contributed by atoms with Crippen LogP contribution in [0.1, 0.15) is 5.56 Å². The molecule has 0 aromatic carbocycles. The number of halogens is 1. The quantitative estimate of drug-likeness (QED) is 0.403. The van der Waals surface area contributed by atoms with Crippen LogP contribution in [0.3, 0.4) is 0 Å². The number of rotatable bonds is 2. The Balaban J connectivity index is 3.08. The monoisotopic (exact) mass is 186 g/mol. The van der Waals surface area contributed by atoms with Crippen LogP contribution in [-0.4, -0.2) is 22.2 Å². The van der Waals surface area contributed by atoms with Crippen molar-refractivity contribution in [1.29, 1.82) is 0 Å². The van der Waals surface area contributed by atoms with E-state index in [2.05, 4.69) is 4.98 Å². The smallest absolute Gasteiger partial charge is 0.423 e. The maximum atomic E-state index is 8.81. The van der Waals surface area contributed by atoms with E-state index in [1.807, 2.05) is 0 Å². The van der Waals surface area contributed by atoms with Gasteiger partial charge in [0.05, 0.1) is 0 Å². The number of pyridine rings is 1. The molecule has 0 bridgehead atoms. The third-order valence-electron chi connectivity index (χ3n) is 1.44. The highest BCUT2D eigenvalue weighted by atomic mass is 35.5. The maximum Gasteiger partial charge on any atom is 0.491 e. The largest absolute Gasteiger partial charge is 0.491 e. The Morgan fingerprint density at radius 2 is 2.25 bits per heavy atom. The molecule has 1 aromatic rings. The number of hydrogen-bond acceptors (Lipinski definition) is 4. The van der Waals surface area contributed by atoms with E-state index in [-0.39, 0.29) is 10.6 Å². The molecule has 4 nitrogen and oxygen atoms in total. The Labute approximate surface area is 75.1 Å². The molecule has 0 spiro atoms. The molecule has 0 aliphatic carbocycles. The first-order valence-corrected chi connectivity index (χ1v) is 3.73. The highest BCUT2D eigenvalue weighted by molar-refractivity contribution is 6.62. The molecule has 0 radical (unpaired) electrons. The van der Waals surface area contributed by atoms with E-state index in [1.54, 1.807) is 0 Å². The fourth-order valence-corrected chi connectivity index (χ4v) is 1.00. The van der Waals surface area contributed by atoms with Crippen molar-refractivity contribution in [1.82, 2.24) is 4.98 Å². The van der Waals surface area contributed by atoms with E-state index in [4.69, 9.17) is 27.4 Å². The summed E-state index contributed by atoms with van der Waals surface area (Å²) in [6, 6.07) is 1.51. The average molecular weight is 186 g/mol. The molecule has 64 valence electrons. The van der Waals surface area contributed by atoms with Crippen LogP contribution in [0.4, 0.5) is 0 Å². The molecule has 0 saturated heterocycles. The van der Waals surface area contributed by atoms with Gasteiger partial charge >= 0.3 is 7.12 Å². The molecule has 1 rings (SSSR count). The number of nitrogens with two attached hydrogens (primary N) is 1. The fraction of sp³-hybridized carbons (Fsp3) is 0.167. The normalized spacial score (nSPS) is 10.0. The lowest BCUT2D eigenvalue weighted by molar-refractivity contribution is 0.425. The van der Waals surface area contributed by atoms with E-state index in [9.17, 15) is 0 Å². The SMILES string of the molecule is NCc1cnc(Cl)c(B(O)O)c1. The van der Waals surface area contributed by atoms with Crippen LogP contribution in [0.25, 0.3) is 0 Å². The lowest BCUT2D eigenvalue weighted by Gasteiger charge is -2.03. The van der Waals surface area contributed by atoms with Gasteiger partial charge in [0.1, 0.15) is 5.15 Å². The Hall–Kier alpha value is -0.615. The molecular formula is C6H8BClN2O2. The minimum absolute atomic E-state index is 0.0854. The van der Waals surface area contributed by atoms with E-state index >= 15 is 0 Å². The predicted octanol–water partition coefficient (Wildman–Crippen LogP) is -1.13. The van der Waals surface area contributed by atoms with Gasteiger partial charge in [0.15, 0.2) is 0 Å². The summed E-state index contributed by atoms with van der Waals surface area (Å²) in [6.07, 6.45) is 1.49. The Morgan fingerprint density at radius 1 is 1.58 bits per heavy atom. The Kier molecular flexibility index (Phi) is 3.05. The average Bonchev–Trinajstić information content (AvgIpc) is 2.05. The number of nitrogens with zero attached hydrogens (tertiary/aromatic N) is 1. The molecule has 12 heavy (non-hydrogen) atoms. The Bertz CT molecular complexity index is 282. The first-order valence-electron chi connectivity index (χ1n) is 3.35. The number of aromatic nitrogens is 1. The van der Waals surface area contributed by atoms with Gasteiger partial charge in [-0.2, -0.15) is 0 Å². The first kappa shape index (κ1) is 9.47. The molecular weight excluding hydrogens is 178 g/mol. The second kappa shape index (κ2) is 3.86. The molecule has 0 unspecified atom stereocenters. The Morgan fingerprint density at radius 3 is 2.75 bits per heavy atom. The first-order chi connectivity index (χ1) is 5.65. The van der Waals surface area contributed by atoms with E-state index in [0.717, 1.165) is 0 Å². The van der Waals surface area contributed by atoms with Gasteiger partial charge in [0.25, 0.3) is 0 Å². The van der Waals surface area contributed by atoms with Gasteiger partial charge in [-0.25, -0.2) is 4.98 Å². The zero-order valence-corrected chi connectivity index (χ0v) is 6.99. The highest BCUT2D eigenvalue weighted by Crippen LogP contribution is 2.02. The maximum absolute atomic E-state index is 8.81. The van der Waals surface area contributed by atoms with E-state index in [0.29, 0.717) is 12.1 Å². The van der Waals surface area contributed by atoms with Crippen molar-refractivity contribution in [3.05, 3.63) is 23.0 Å². The molecule has 0 saturated carbocycles. The molecule has 4 N–H and O–H groups in total. The van der Waals surface area contributed by atoms with Gasteiger partial charge in [-0.3, -0.25) is 0 Å². The fourth-order valence-electron chi connectivity index (χ4n) is 0.803. The van der Waals surface area contributed by atoms with Gasteiger partial charge in [-0.15, -0.1) is 0 Å². The molecule has 0 amide bonds. The zero-order valence-electron chi connectivity index (χ0n) is 6.24. The standard InChI is InChI=1S/C6H8BClN2O2/c8-6-5(7(11)12)1-4(2-9)3-10-6/h1,3,11-12H,2,9H2. The summed E-state index contributed by atoms with van der Waals surface area (Å²) < 4.78 is 0. The van der Waals surface area contributed by atoms with Gasteiger partial charge in [-0.05, 0) is 5.56 Å². The predicted molar refractivity (Wildman–Crippen MR) is 47.0 cm³/mol. The second-order valence-corrected chi connectivity index (χ2v) is 2.66. The molecule has 1 aromatic heterocycles. The summed E-state index contributed by atoms with van der Waals surface area (Å²) >= 11 is 5.58. The molecule has 0 aliphatic rings. The summed E-state index contributed by atoms with van der Waals surface area (Å²) in [5.41, 5.74) is 6.21. The van der Waals surface area contributed by atoms with Crippen molar-refractivity contribution in [3.63, 3.8) is 0 Å². The van der Waals surface area contributed by atoms with Crippen LogP contribution in [0.5, 0.6) is 0 Å². The summed E-state index contributed by atoms with van der Waals surface area (Å²) in [5.74, 6) is 0. The molecule has 0 fully saturated rings. The van der Waals surface area contributed by atoms with E-state index < -0.39 is 7.12 Å². The van der Waals surface area contributed by atoms with Crippen molar-refractivity contribution in [3.8, 4) is 0 Å². The summed E-state index contributed by atoms with van der Waals surface area (Å²) in [7, 11) is -1.60. The zero-order chi connectivity index (χ0) is 9.14. The topological polar surface area (TPSA) is 79.4 Å². The van der Waals surface area contributed by atoms with Crippen molar-refractivity contribution in [2.24, 2.45) is 5.73 Å². The van der Waals surface area contributed by atoms with Crippen molar-refractivity contribution >= 4 is 24.2 Å². The van der Waals surface area contributed by atoms with Crippen LogP contribution >= 0.6 is 11.6 Å². The van der Waals surface area contributed by atoms with Crippen molar-refractivity contribution < 1.29 is 10.0 Å². The van der Waals surface area contributed by atoms with Crippen LogP contribution < -0.4 is 11.2 Å². The third-order valence-corrected chi connectivity index (χ3v) is 1.75. The minimum atomic E-state index is -1.60. The van der Waals surface area contributed by atoms with Gasteiger partial charge in [0, 0.05) is 18.2 Å². The lowest BCUT2D eigenvalue weighted by atomic mass is 9.81. The summed E-state index contributed by atoms with van der Waals surface area (Å²) in [5, 5.41) is 17.7. The van der Waals surface area contributed by atoms with Crippen molar-refractivity contribution in [2.45, 2.75) is 6.54 Å². The third kappa shape index (κ3) is 1.95. The molecule has 0 aliphatic heterocycles. The van der Waals surface area contributed by atoms with Gasteiger partial charge in [0.2, 0.25) is 0 Å². The van der Waals surface area contributed by atoms with Gasteiger partial charge < -0.3 is 15.8 Å². The summed E-state index contributed by atoms with van der Waals surface area (Å²) in [6.45, 7) is 0.296. The van der Waals surface area contributed by atoms with Crippen LogP contribution in [0.15, 0.2) is 12.3 Å².